The minimum atomic E-state index is -0.522. The molecule has 0 radical (unpaired) electrons. The summed E-state index contributed by atoms with van der Waals surface area (Å²) in [5.41, 5.74) is 0. The van der Waals surface area contributed by atoms with Gasteiger partial charge < -0.3 is 14.2 Å². The van der Waals surface area contributed by atoms with Gasteiger partial charge in [-0.1, -0.05) is 284 Å². The molecular weight excluding hydrogens is 741 g/mol. The Hall–Kier alpha value is -1.10. The van der Waals surface area contributed by atoms with Gasteiger partial charge in [-0.25, -0.2) is 0 Å². The average molecular weight is 849 g/mol. The van der Waals surface area contributed by atoms with Crippen LogP contribution in [0.2, 0.25) is 0 Å². The number of carbonyl (C=O) groups is 2. The molecule has 0 aliphatic heterocycles. The molecule has 0 heterocycles. The summed E-state index contributed by atoms with van der Waals surface area (Å²) in [7, 11) is 0. The molecular formula is C55H108O5. The van der Waals surface area contributed by atoms with Crippen molar-refractivity contribution in [3.63, 3.8) is 0 Å². The van der Waals surface area contributed by atoms with E-state index in [-0.39, 0.29) is 18.5 Å². The molecule has 1 atom stereocenters. The van der Waals surface area contributed by atoms with Crippen molar-refractivity contribution in [3.05, 3.63) is 0 Å². The monoisotopic (exact) mass is 849 g/mol. The zero-order valence-electron chi connectivity index (χ0n) is 41.3. The molecule has 0 N–H and O–H groups in total. The van der Waals surface area contributed by atoms with E-state index >= 15 is 0 Å². The van der Waals surface area contributed by atoms with E-state index in [1.807, 2.05) is 0 Å². The van der Waals surface area contributed by atoms with Crippen molar-refractivity contribution in [2.24, 2.45) is 0 Å². The van der Waals surface area contributed by atoms with Crippen LogP contribution in [0.3, 0.4) is 0 Å². The SMILES string of the molecule is CCCCCCCCCCCCCCCCCCCCCCOCC(COC(=O)CCCCCCCCCCCCCCC)OC(=O)CCCCCCCCCCCCC. The summed E-state index contributed by atoms with van der Waals surface area (Å²) in [5, 5.41) is 0. The summed E-state index contributed by atoms with van der Waals surface area (Å²) in [5.74, 6) is -0.371. The van der Waals surface area contributed by atoms with Gasteiger partial charge in [0, 0.05) is 19.4 Å². The number of ether oxygens (including phenoxy) is 3. The number of rotatable bonds is 52. The third-order valence-corrected chi connectivity index (χ3v) is 12.6. The van der Waals surface area contributed by atoms with E-state index in [1.165, 1.54) is 250 Å². The van der Waals surface area contributed by atoms with Crippen LogP contribution in [-0.2, 0) is 23.8 Å². The van der Waals surface area contributed by atoms with Crippen molar-refractivity contribution >= 4 is 11.9 Å². The quantitative estimate of drug-likeness (QED) is 0.0451. The molecule has 0 spiro atoms. The van der Waals surface area contributed by atoms with Crippen LogP contribution in [0.5, 0.6) is 0 Å². The second-order valence-corrected chi connectivity index (χ2v) is 18.9. The van der Waals surface area contributed by atoms with Crippen molar-refractivity contribution in [2.75, 3.05) is 19.8 Å². The van der Waals surface area contributed by atoms with Gasteiger partial charge in [-0.2, -0.15) is 0 Å². The summed E-state index contributed by atoms with van der Waals surface area (Å²) in [4.78, 5) is 25.4. The van der Waals surface area contributed by atoms with Crippen molar-refractivity contribution in [2.45, 2.75) is 322 Å². The molecule has 0 rings (SSSR count). The molecule has 1 unspecified atom stereocenters. The highest BCUT2D eigenvalue weighted by Gasteiger charge is 2.17. The van der Waals surface area contributed by atoms with Crippen molar-refractivity contribution in [1.29, 1.82) is 0 Å². The van der Waals surface area contributed by atoms with Crippen molar-refractivity contribution in [1.82, 2.24) is 0 Å². The smallest absolute Gasteiger partial charge is 0.306 e. The maximum Gasteiger partial charge on any atom is 0.306 e. The lowest BCUT2D eigenvalue weighted by atomic mass is 10.0. The Morgan fingerprint density at radius 2 is 0.550 bits per heavy atom. The van der Waals surface area contributed by atoms with Gasteiger partial charge in [0.05, 0.1) is 6.61 Å². The maximum absolute atomic E-state index is 12.8. The Bertz CT molecular complexity index is 830. The summed E-state index contributed by atoms with van der Waals surface area (Å²) in [6.07, 6.45) is 58.3. The van der Waals surface area contributed by atoms with Gasteiger partial charge in [0.25, 0.3) is 0 Å². The molecule has 0 aliphatic carbocycles. The van der Waals surface area contributed by atoms with Gasteiger partial charge in [-0.15, -0.1) is 0 Å². The first-order valence-corrected chi connectivity index (χ1v) is 27.6. The molecule has 5 heteroatoms. The first-order valence-electron chi connectivity index (χ1n) is 27.6. The van der Waals surface area contributed by atoms with Gasteiger partial charge in [0.1, 0.15) is 6.61 Å². The van der Waals surface area contributed by atoms with Gasteiger partial charge in [-0.3, -0.25) is 9.59 Å². The average Bonchev–Trinajstić information content (AvgIpc) is 3.25. The maximum atomic E-state index is 12.8. The van der Waals surface area contributed by atoms with Crippen LogP contribution in [0.25, 0.3) is 0 Å². The van der Waals surface area contributed by atoms with E-state index in [0.717, 1.165) is 32.1 Å². The topological polar surface area (TPSA) is 61.8 Å². The first-order chi connectivity index (χ1) is 29.6. The molecule has 0 saturated carbocycles. The predicted molar refractivity (Wildman–Crippen MR) is 261 cm³/mol. The van der Waals surface area contributed by atoms with Crippen LogP contribution < -0.4 is 0 Å². The molecule has 0 amide bonds. The fourth-order valence-corrected chi connectivity index (χ4v) is 8.51. The minimum absolute atomic E-state index is 0.0977. The van der Waals surface area contributed by atoms with Gasteiger partial charge in [0.15, 0.2) is 6.10 Å². The van der Waals surface area contributed by atoms with Crippen molar-refractivity contribution < 1.29 is 23.8 Å². The van der Waals surface area contributed by atoms with E-state index in [1.54, 1.807) is 0 Å². The van der Waals surface area contributed by atoms with Gasteiger partial charge in [0.2, 0.25) is 0 Å². The molecule has 0 saturated heterocycles. The third kappa shape index (κ3) is 49.6. The summed E-state index contributed by atoms with van der Waals surface area (Å²) >= 11 is 0. The highest BCUT2D eigenvalue weighted by Crippen LogP contribution is 2.17. The van der Waals surface area contributed by atoms with Crippen LogP contribution in [0, 0.1) is 0 Å². The number of carbonyl (C=O) groups excluding carboxylic acids is 2. The van der Waals surface area contributed by atoms with Crippen LogP contribution >= 0.6 is 0 Å². The molecule has 358 valence electrons. The molecule has 0 aromatic carbocycles. The molecule has 60 heavy (non-hydrogen) atoms. The first kappa shape index (κ1) is 58.9. The summed E-state index contributed by atoms with van der Waals surface area (Å²) < 4.78 is 17.4. The Labute approximate surface area is 376 Å². The van der Waals surface area contributed by atoms with Gasteiger partial charge in [-0.05, 0) is 19.3 Å². The fourth-order valence-electron chi connectivity index (χ4n) is 8.51. The summed E-state index contributed by atoms with van der Waals surface area (Å²) in [6, 6.07) is 0. The molecule has 0 aromatic heterocycles. The molecule has 0 aliphatic rings. The van der Waals surface area contributed by atoms with Crippen LogP contribution in [-0.4, -0.2) is 37.9 Å². The molecule has 5 nitrogen and oxygen atoms in total. The zero-order valence-corrected chi connectivity index (χ0v) is 41.3. The number of hydrogen-bond donors (Lipinski definition) is 0. The Kier molecular flexibility index (Phi) is 51.3. The highest BCUT2D eigenvalue weighted by atomic mass is 16.6. The minimum Gasteiger partial charge on any atom is -0.462 e. The van der Waals surface area contributed by atoms with Crippen molar-refractivity contribution in [3.8, 4) is 0 Å². The van der Waals surface area contributed by atoms with Crippen LogP contribution in [0.1, 0.15) is 316 Å². The lowest BCUT2D eigenvalue weighted by molar-refractivity contribution is -0.163. The van der Waals surface area contributed by atoms with E-state index in [0.29, 0.717) is 26.1 Å². The Balaban J connectivity index is 4.11. The van der Waals surface area contributed by atoms with E-state index in [2.05, 4.69) is 20.8 Å². The zero-order chi connectivity index (χ0) is 43.5. The molecule has 0 bridgehead atoms. The Morgan fingerprint density at radius 3 is 0.850 bits per heavy atom. The molecule has 0 fully saturated rings. The normalized spacial score (nSPS) is 12.0. The predicted octanol–water partition coefficient (Wildman–Crippen LogP) is 18.5. The number of esters is 2. The number of hydrogen-bond acceptors (Lipinski definition) is 5. The standard InChI is InChI=1S/C55H108O5/c1-4-7-10-13-16-19-22-24-25-26-27-28-29-30-32-35-38-41-44-47-50-58-51-53(60-55(57)49-46-43-40-37-33-21-18-15-12-9-6-3)52-59-54(56)48-45-42-39-36-34-31-23-20-17-14-11-8-5-2/h53H,4-52H2,1-3H3. The fraction of sp³-hybridized carbons (Fsp3) is 0.964. The largest absolute Gasteiger partial charge is 0.462 e. The number of unbranched alkanes of at least 4 members (excludes halogenated alkanes) is 41. The second kappa shape index (κ2) is 52.2. The highest BCUT2D eigenvalue weighted by molar-refractivity contribution is 5.70. The third-order valence-electron chi connectivity index (χ3n) is 12.6. The van der Waals surface area contributed by atoms with E-state index < -0.39 is 6.10 Å². The van der Waals surface area contributed by atoms with Crippen LogP contribution in [0.4, 0.5) is 0 Å². The van der Waals surface area contributed by atoms with E-state index in [9.17, 15) is 9.59 Å². The second-order valence-electron chi connectivity index (χ2n) is 18.9. The Morgan fingerprint density at radius 1 is 0.300 bits per heavy atom. The summed E-state index contributed by atoms with van der Waals surface area (Å²) in [6.45, 7) is 7.90. The van der Waals surface area contributed by atoms with Gasteiger partial charge >= 0.3 is 11.9 Å². The van der Waals surface area contributed by atoms with E-state index in [4.69, 9.17) is 14.2 Å². The lowest BCUT2D eigenvalue weighted by Gasteiger charge is -2.18. The molecule has 0 aromatic rings. The van der Waals surface area contributed by atoms with Crippen LogP contribution in [0.15, 0.2) is 0 Å². The lowest BCUT2D eigenvalue weighted by Crippen LogP contribution is -2.30.